The van der Waals surface area contributed by atoms with Gasteiger partial charge in [-0.2, -0.15) is 0 Å². The maximum Gasteiger partial charge on any atom is 0.338 e. The largest absolute Gasteiger partial charge is 0.459 e. The molecule has 1 aliphatic heterocycles. The normalized spacial score (nSPS) is 18.7. The average Bonchev–Trinajstić information content (AvgIpc) is 3.15. The van der Waals surface area contributed by atoms with Gasteiger partial charge in [0.25, 0.3) is 0 Å². The van der Waals surface area contributed by atoms with Crippen LogP contribution in [0.5, 0.6) is 0 Å². The first-order chi connectivity index (χ1) is 16.7. The molecule has 0 N–H and O–H groups in total. The number of hydrogen-bond acceptors (Lipinski definition) is 6. The minimum atomic E-state index is -0.881. The predicted octanol–water partition coefficient (Wildman–Crippen LogP) is 5.50. The zero-order valence-electron chi connectivity index (χ0n) is 20.4. The molecule has 2 atom stereocenters. The molecule has 0 aromatic heterocycles. The highest BCUT2D eigenvalue weighted by Gasteiger charge is 2.42. The fourth-order valence-corrected chi connectivity index (χ4v) is 3.91. The van der Waals surface area contributed by atoms with Crippen molar-refractivity contribution in [2.45, 2.75) is 45.7 Å². The maximum absolute atomic E-state index is 12.6. The van der Waals surface area contributed by atoms with Gasteiger partial charge in [-0.25, -0.2) is 9.59 Å². The molecule has 0 unspecified atom stereocenters. The Morgan fingerprint density at radius 1 is 0.657 bits per heavy atom. The third kappa shape index (κ3) is 6.35. The lowest BCUT2D eigenvalue weighted by Crippen LogP contribution is -2.33. The Morgan fingerprint density at radius 2 is 1.00 bits per heavy atom. The van der Waals surface area contributed by atoms with Crippen LogP contribution in [0.15, 0.2) is 72.8 Å². The van der Waals surface area contributed by atoms with Crippen LogP contribution in [0.2, 0.25) is 0 Å². The molecule has 0 saturated carbocycles. The highest BCUT2D eigenvalue weighted by Crippen LogP contribution is 2.29. The second kappa shape index (κ2) is 10.4. The molecule has 0 amide bonds. The Hall–Kier alpha value is -3.48. The van der Waals surface area contributed by atoms with E-state index in [1.165, 1.54) is 5.56 Å². The van der Waals surface area contributed by atoms with Crippen molar-refractivity contribution in [2.75, 3.05) is 13.2 Å². The van der Waals surface area contributed by atoms with Crippen molar-refractivity contribution in [3.63, 3.8) is 0 Å². The molecule has 0 aliphatic carbocycles. The summed E-state index contributed by atoms with van der Waals surface area (Å²) in [6.07, 6.45) is -1.12. The summed E-state index contributed by atoms with van der Waals surface area (Å²) in [4.78, 5) is 25.0. The molecule has 1 aliphatic rings. The van der Waals surface area contributed by atoms with Gasteiger partial charge in [-0.1, -0.05) is 59.7 Å². The summed E-state index contributed by atoms with van der Waals surface area (Å²) in [6.45, 7) is 7.51. The van der Waals surface area contributed by atoms with E-state index in [9.17, 15) is 9.59 Å². The Morgan fingerprint density at radius 3 is 1.43 bits per heavy atom. The van der Waals surface area contributed by atoms with Crippen molar-refractivity contribution < 1.29 is 28.5 Å². The summed E-state index contributed by atoms with van der Waals surface area (Å²) in [5.41, 5.74) is 5.26. The highest BCUT2D eigenvalue weighted by molar-refractivity contribution is 5.90. The fourth-order valence-electron chi connectivity index (χ4n) is 3.91. The minimum Gasteiger partial charge on any atom is -0.459 e. The number of carbonyl (C=O) groups excluding carboxylic acids is 2. The van der Waals surface area contributed by atoms with Crippen molar-refractivity contribution in [1.82, 2.24) is 0 Å². The van der Waals surface area contributed by atoms with Crippen LogP contribution in [0.3, 0.4) is 0 Å². The van der Waals surface area contributed by atoms with E-state index in [0.717, 1.165) is 16.7 Å². The van der Waals surface area contributed by atoms with Crippen LogP contribution in [0.1, 0.15) is 45.7 Å². The molecule has 6 nitrogen and oxygen atoms in total. The van der Waals surface area contributed by atoms with Crippen molar-refractivity contribution in [3.8, 4) is 11.1 Å². The lowest BCUT2D eigenvalue weighted by atomic mass is 10.0. The summed E-state index contributed by atoms with van der Waals surface area (Å²) in [5.74, 6) is -1.78. The van der Waals surface area contributed by atoms with E-state index in [4.69, 9.17) is 18.9 Å². The second-order valence-electron chi connectivity index (χ2n) is 9.22. The highest BCUT2D eigenvalue weighted by atomic mass is 16.8. The summed E-state index contributed by atoms with van der Waals surface area (Å²) >= 11 is 0. The monoisotopic (exact) mass is 474 g/mol. The molecule has 4 rings (SSSR count). The van der Waals surface area contributed by atoms with Gasteiger partial charge in [0.1, 0.15) is 25.4 Å². The number of aryl methyl sites for hydroxylation is 2. The van der Waals surface area contributed by atoms with E-state index in [1.54, 1.807) is 38.1 Å². The summed E-state index contributed by atoms with van der Waals surface area (Å²) in [5, 5.41) is 0. The Labute approximate surface area is 205 Å². The van der Waals surface area contributed by atoms with Crippen molar-refractivity contribution in [2.24, 2.45) is 0 Å². The van der Waals surface area contributed by atoms with Gasteiger partial charge < -0.3 is 18.9 Å². The summed E-state index contributed by atoms with van der Waals surface area (Å²) in [7, 11) is 0. The van der Waals surface area contributed by atoms with Crippen LogP contribution >= 0.6 is 0 Å². The number of hydrogen-bond donors (Lipinski definition) is 0. The summed E-state index contributed by atoms with van der Waals surface area (Å²) in [6, 6.07) is 22.6. The molecule has 0 radical (unpaired) electrons. The minimum absolute atomic E-state index is 0.0103. The zero-order valence-corrected chi connectivity index (χ0v) is 20.4. The quantitative estimate of drug-likeness (QED) is 0.421. The van der Waals surface area contributed by atoms with E-state index in [2.05, 4.69) is 12.1 Å². The third-order valence-corrected chi connectivity index (χ3v) is 5.84. The van der Waals surface area contributed by atoms with Crippen LogP contribution in [0.25, 0.3) is 11.1 Å². The van der Waals surface area contributed by atoms with Crippen molar-refractivity contribution in [1.29, 1.82) is 0 Å². The molecule has 182 valence electrons. The van der Waals surface area contributed by atoms with Crippen molar-refractivity contribution in [3.05, 3.63) is 95.1 Å². The smallest absolute Gasteiger partial charge is 0.338 e. The fraction of sp³-hybridized carbons (Fsp3) is 0.310. The van der Waals surface area contributed by atoms with E-state index < -0.39 is 29.9 Å². The van der Waals surface area contributed by atoms with Crippen LogP contribution in [-0.2, 0) is 18.9 Å². The van der Waals surface area contributed by atoms with Gasteiger partial charge in [-0.15, -0.1) is 0 Å². The molecule has 1 saturated heterocycles. The predicted molar refractivity (Wildman–Crippen MR) is 132 cm³/mol. The maximum atomic E-state index is 12.6. The number of benzene rings is 3. The SMILES string of the molecule is Cc1ccc(C(=O)OC[C@H]2OC(C)(C)O[C@@H]2COC(=O)c2ccc(-c3ccc(C)cc3)cc2)cc1. The van der Waals surface area contributed by atoms with Crippen LogP contribution in [0.4, 0.5) is 0 Å². The molecule has 3 aromatic carbocycles. The third-order valence-electron chi connectivity index (χ3n) is 5.84. The molecule has 3 aromatic rings. The second-order valence-corrected chi connectivity index (χ2v) is 9.22. The van der Waals surface area contributed by atoms with Gasteiger partial charge >= 0.3 is 11.9 Å². The number of ether oxygens (including phenoxy) is 4. The number of esters is 2. The number of rotatable bonds is 7. The van der Waals surface area contributed by atoms with Crippen LogP contribution < -0.4 is 0 Å². The Kier molecular flexibility index (Phi) is 7.34. The first-order valence-electron chi connectivity index (χ1n) is 11.6. The zero-order chi connectivity index (χ0) is 25.0. The molecule has 35 heavy (non-hydrogen) atoms. The van der Waals surface area contributed by atoms with E-state index in [-0.39, 0.29) is 13.2 Å². The molecule has 1 fully saturated rings. The Balaban J connectivity index is 1.33. The summed E-state index contributed by atoms with van der Waals surface area (Å²) < 4.78 is 22.7. The van der Waals surface area contributed by atoms with Crippen molar-refractivity contribution >= 4 is 11.9 Å². The lowest BCUT2D eigenvalue weighted by molar-refractivity contribution is -0.151. The molecule has 6 heteroatoms. The van der Waals surface area contributed by atoms with E-state index >= 15 is 0 Å². The molecular weight excluding hydrogens is 444 g/mol. The van der Waals surface area contributed by atoms with Gasteiger partial charge in [-0.3, -0.25) is 0 Å². The molecular formula is C29H30O6. The number of carbonyl (C=O) groups is 2. The topological polar surface area (TPSA) is 71.1 Å². The molecule has 0 bridgehead atoms. The van der Waals surface area contributed by atoms with Crippen LogP contribution in [0, 0.1) is 13.8 Å². The van der Waals surface area contributed by atoms with Gasteiger partial charge in [-0.05, 0) is 63.1 Å². The first kappa shape index (κ1) is 24.6. The molecule has 0 spiro atoms. The van der Waals surface area contributed by atoms with Gasteiger partial charge in [0.15, 0.2) is 5.79 Å². The van der Waals surface area contributed by atoms with Gasteiger partial charge in [0.05, 0.1) is 11.1 Å². The average molecular weight is 475 g/mol. The van der Waals surface area contributed by atoms with E-state index in [1.807, 2.05) is 50.2 Å². The first-order valence-corrected chi connectivity index (χ1v) is 11.6. The van der Waals surface area contributed by atoms with Gasteiger partial charge in [0, 0.05) is 0 Å². The van der Waals surface area contributed by atoms with E-state index in [0.29, 0.717) is 11.1 Å². The lowest BCUT2D eigenvalue weighted by Gasteiger charge is -2.17. The standard InChI is InChI=1S/C29H30O6/c1-19-5-9-21(10-6-19)22-13-15-24(16-14-22)28(31)33-18-26-25(34-29(3,4)35-26)17-32-27(30)23-11-7-20(2)8-12-23/h5-16,25-26H,17-18H2,1-4H3/t25-,26-/m1/s1. The van der Waals surface area contributed by atoms with Crippen LogP contribution in [-0.4, -0.2) is 43.1 Å². The van der Waals surface area contributed by atoms with Gasteiger partial charge in [0.2, 0.25) is 0 Å². The Bertz CT molecular complexity index is 1160. The molecule has 1 heterocycles.